The van der Waals surface area contributed by atoms with Crippen molar-refractivity contribution in [2.45, 2.75) is 49.9 Å². The molecule has 0 aliphatic heterocycles. The molecule has 158 valence electrons. The molecule has 0 radical (unpaired) electrons. The zero-order chi connectivity index (χ0) is 20.5. The average Bonchev–Trinajstić information content (AvgIpc) is 3.60. The van der Waals surface area contributed by atoms with Crippen molar-refractivity contribution in [1.82, 2.24) is 0 Å². The highest BCUT2D eigenvalue weighted by Crippen LogP contribution is 2.79. The third-order valence-electron chi connectivity index (χ3n) is 11.1. The fraction of sp³-hybridized carbons (Fsp3) is 0.552. The second-order valence-electron chi connectivity index (χ2n) is 11.7. The second-order valence-corrected chi connectivity index (χ2v) is 11.7. The number of rotatable bonds is 2. The first-order valence-electron chi connectivity index (χ1n) is 12.6. The summed E-state index contributed by atoms with van der Waals surface area (Å²) in [4.78, 5) is 14.8. The zero-order valence-corrected chi connectivity index (χ0v) is 17.8. The summed E-state index contributed by atoms with van der Waals surface area (Å²) >= 11 is 0. The maximum Gasteiger partial charge on any atom is 0.173 e. The number of fused-ring (bicyclic) bond motifs is 4. The van der Waals surface area contributed by atoms with Crippen LogP contribution in [0.5, 0.6) is 0 Å². The van der Waals surface area contributed by atoms with E-state index in [4.69, 9.17) is 0 Å². The molecule has 31 heavy (non-hydrogen) atoms. The number of benzene rings is 2. The predicted molar refractivity (Wildman–Crippen MR) is 117 cm³/mol. The number of hydrogen-bond donors (Lipinski definition) is 0. The molecule has 7 aliphatic rings. The molecule has 0 heterocycles. The van der Waals surface area contributed by atoms with E-state index in [0.29, 0.717) is 47.2 Å². The SMILES string of the molecule is O=C(c1ccccc1)C12c3ccc(F)cc3C(C3C4CCC(C4)C31)C1C3CCC(C3)C12. The van der Waals surface area contributed by atoms with Crippen molar-refractivity contribution in [3.05, 3.63) is 71.0 Å². The Morgan fingerprint density at radius 1 is 0.806 bits per heavy atom. The van der Waals surface area contributed by atoms with Gasteiger partial charge in [-0.3, -0.25) is 4.79 Å². The largest absolute Gasteiger partial charge is 0.293 e. The minimum atomic E-state index is -0.422. The summed E-state index contributed by atoms with van der Waals surface area (Å²) in [6.07, 6.45) is 7.86. The van der Waals surface area contributed by atoms with Crippen LogP contribution in [-0.4, -0.2) is 5.78 Å². The molecular formula is C29H29FO. The standard InChI is InChI=1S/C29H29FO/c30-20-10-11-22-21(14-20)25-23-16-6-8-18(12-16)26(23)29(22,28(31)15-4-2-1-3-5-15)27-19-9-7-17(13-19)24(25)27/h1-5,10-11,14,16-19,23-27H,6-9,12-13H2. The van der Waals surface area contributed by atoms with Crippen LogP contribution >= 0.6 is 0 Å². The topological polar surface area (TPSA) is 17.1 Å². The molecule has 0 saturated heterocycles. The highest BCUT2D eigenvalue weighted by Gasteiger charge is 2.76. The van der Waals surface area contributed by atoms with E-state index in [2.05, 4.69) is 0 Å². The lowest BCUT2D eigenvalue weighted by Gasteiger charge is -2.66. The molecule has 0 amide bonds. The number of halogens is 1. The third-order valence-corrected chi connectivity index (χ3v) is 11.1. The van der Waals surface area contributed by atoms with Crippen LogP contribution in [0.4, 0.5) is 4.39 Å². The molecule has 2 aromatic carbocycles. The van der Waals surface area contributed by atoms with E-state index >= 15 is 0 Å². The Hall–Kier alpha value is -1.96. The molecule has 5 fully saturated rings. The fourth-order valence-electron chi connectivity index (χ4n) is 10.7. The monoisotopic (exact) mass is 412 g/mol. The Balaban J connectivity index is 1.47. The maximum atomic E-state index is 14.8. The van der Waals surface area contributed by atoms with Crippen molar-refractivity contribution in [2.75, 3.05) is 0 Å². The van der Waals surface area contributed by atoms with Crippen molar-refractivity contribution < 1.29 is 9.18 Å². The van der Waals surface area contributed by atoms with Crippen LogP contribution in [0.2, 0.25) is 0 Å². The predicted octanol–water partition coefficient (Wildman–Crippen LogP) is 6.38. The lowest BCUT2D eigenvalue weighted by Crippen LogP contribution is -2.66. The molecule has 2 heteroatoms. The number of carbonyl (C=O) groups excluding carboxylic acids is 1. The van der Waals surface area contributed by atoms with Crippen molar-refractivity contribution in [3.8, 4) is 0 Å². The van der Waals surface area contributed by atoms with Gasteiger partial charge in [-0.25, -0.2) is 4.39 Å². The van der Waals surface area contributed by atoms with Gasteiger partial charge in [-0.1, -0.05) is 36.4 Å². The maximum absolute atomic E-state index is 14.8. The van der Waals surface area contributed by atoms with Gasteiger partial charge in [-0.05, 0) is 115 Å². The quantitative estimate of drug-likeness (QED) is 0.523. The fourth-order valence-corrected chi connectivity index (χ4v) is 10.7. The minimum absolute atomic E-state index is 0.118. The summed E-state index contributed by atoms with van der Waals surface area (Å²) < 4.78 is 14.6. The number of carbonyl (C=O) groups is 1. The van der Waals surface area contributed by atoms with Crippen molar-refractivity contribution >= 4 is 5.78 Å². The highest BCUT2D eigenvalue weighted by atomic mass is 19.1. The molecule has 0 N–H and O–H groups in total. The normalized spacial score (nSPS) is 47.3. The number of Topliss-reactive ketones (excluding diaryl/α,β-unsaturated/α-hetero) is 1. The number of hydrogen-bond acceptors (Lipinski definition) is 1. The molecule has 8 unspecified atom stereocenters. The van der Waals surface area contributed by atoms with Crippen LogP contribution in [-0.2, 0) is 5.41 Å². The van der Waals surface area contributed by atoms with Gasteiger partial charge in [0.1, 0.15) is 5.82 Å². The van der Waals surface area contributed by atoms with Gasteiger partial charge < -0.3 is 0 Å². The van der Waals surface area contributed by atoms with E-state index in [-0.39, 0.29) is 5.82 Å². The van der Waals surface area contributed by atoms with Gasteiger partial charge in [0, 0.05) is 5.56 Å². The first-order chi connectivity index (χ1) is 15.2. The van der Waals surface area contributed by atoms with Crippen LogP contribution in [0.1, 0.15) is 65.9 Å². The first kappa shape index (κ1) is 17.6. The molecule has 5 saturated carbocycles. The zero-order valence-electron chi connectivity index (χ0n) is 17.8. The summed E-state index contributed by atoms with van der Waals surface area (Å²) in [5.41, 5.74) is 2.91. The van der Waals surface area contributed by atoms with E-state index in [1.54, 1.807) is 6.07 Å². The molecule has 6 bridgehead atoms. The first-order valence-corrected chi connectivity index (χ1v) is 12.6. The van der Waals surface area contributed by atoms with Crippen LogP contribution in [0.15, 0.2) is 48.5 Å². The van der Waals surface area contributed by atoms with E-state index in [1.807, 2.05) is 42.5 Å². The Labute approximate surface area is 183 Å². The van der Waals surface area contributed by atoms with Crippen LogP contribution in [0.3, 0.4) is 0 Å². The highest BCUT2D eigenvalue weighted by molar-refractivity contribution is 6.06. The van der Waals surface area contributed by atoms with Gasteiger partial charge in [0.25, 0.3) is 0 Å². The summed E-state index contributed by atoms with van der Waals surface area (Å²) in [6, 6.07) is 15.6. The lowest BCUT2D eigenvalue weighted by molar-refractivity contribution is -0.0670. The van der Waals surface area contributed by atoms with Gasteiger partial charge in [0.2, 0.25) is 0 Å². The van der Waals surface area contributed by atoms with E-state index < -0.39 is 5.41 Å². The summed E-state index contributed by atoms with van der Waals surface area (Å²) in [7, 11) is 0. The van der Waals surface area contributed by atoms with Gasteiger partial charge in [0.15, 0.2) is 5.78 Å². The smallest absolute Gasteiger partial charge is 0.173 e. The van der Waals surface area contributed by atoms with Gasteiger partial charge in [-0.2, -0.15) is 0 Å². The Kier molecular flexibility index (Phi) is 3.23. The molecule has 0 spiro atoms. The Bertz CT molecular complexity index is 1070. The second kappa shape index (κ2) is 5.69. The van der Waals surface area contributed by atoms with E-state index in [9.17, 15) is 9.18 Å². The van der Waals surface area contributed by atoms with Crippen molar-refractivity contribution in [1.29, 1.82) is 0 Å². The molecule has 0 aromatic heterocycles. The molecule has 1 nitrogen and oxygen atoms in total. The van der Waals surface area contributed by atoms with E-state index in [1.165, 1.54) is 49.7 Å². The average molecular weight is 413 g/mol. The molecule has 7 aliphatic carbocycles. The van der Waals surface area contributed by atoms with Crippen LogP contribution < -0.4 is 0 Å². The molecule has 8 atom stereocenters. The summed E-state index contributed by atoms with van der Waals surface area (Å²) in [6.45, 7) is 0. The van der Waals surface area contributed by atoms with Gasteiger partial charge in [-0.15, -0.1) is 0 Å². The Morgan fingerprint density at radius 2 is 1.42 bits per heavy atom. The van der Waals surface area contributed by atoms with Gasteiger partial charge >= 0.3 is 0 Å². The van der Waals surface area contributed by atoms with Crippen molar-refractivity contribution in [3.63, 3.8) is 0 Å². The van der Waals surface area contributed by atoms with E-state index in [0.717, 1.165) is 17.4 Å². The molecular weight excluding hydrogens is 383 g/mol. The molecule has 9 rings (SSSR count). The number of ketones is 1. The summed E-state index contributed by atoms with van der Waals surface area (Å²) in [5.74, 6) is 5.76. The van der Waals surface area contributed by atoms with Crippen LogP contribution in [0, 0.1) is 53.2 Å². The summed E-state index contributed by atoms with van der Waals surface area (Å²) in [5, 5.41) is 0. The minimum Gasteiger partial charge on any atom is -0.293 e. The Morgan fingerprint density at radius 3 is 2.06 bits per heavy atom. The third kappa shape index (κ3) is 1.86. The van der Waals surface area contributed by atoms with Crippen LogP contribution in [0.25, 0.3) is 0 Å². The molecule has 2 aromatic rings. The van der Waals surface area contributed by atoms with Gasteiger partial charge in [0.05, 0.1) is 5.41 Å². The van der Waals surface area contributed by atoms with Crippen molar-refractivity contribution in [2.24, 2.45) is 47.3 Å². The lowest BCUT2D eigenvalue weighted by atomic mass is 9.36.